The van der Waals surface area contributed by atoms with Gasteiger partial charge >= 0.3 is 6.18 Å². The molecule has 0 spiro atoms. The second kappa shape index (κ2) is 7.96. The summed E-state index contributed by atoms with van der Waals surface area (Å²) in [6.45, 7) is 1.68. The van der Waals surface area contributed by atoms with Crippen LogP contribution in [0.5, 0.6) is 0 Å². The number of nitrogens with one attached hydrogen (secondary N) is 1. The van der Waals surface area contributed by atoms with Gasteiger partial charge in [0, 0.05) is 0 Å². The van der Waals surface area contributed by atoms with Gasteiger partial charge in [0.05, 0.1) is 6.10 Å². The topological polar surface area (TPSA) is 38.3 Å². The molecule has 1 N–H and O–H groups in total. The van der Waals surface area contributed by atoms with Gasteiger partial charge in [-0.1, -0.05) is 31.9 Å². The van der Waals surface area contributed by atoms with Crippen LogP contribution in [0.15, 0.2) is 24.3 Å². The van der Waals surface area contributed by atoms with E-state index in [-0.39, 0.29) is 11.7 Å². The van der Waals surface area contributed by atoms with Crippen molar-refractivity contribution in [2.45, 2.75) is 50.9 Å². The van der Waals surface area contributed by atoms with Crippen LogP contribution in [-0.2, 0) is 9.53 Å². The van der Waals surface area contributed by atoms with E-state index in [9.17, 15) is 22.4 Å². The lowest BCUT2D eigenvalue weighted by Crippen LogP contribution is -2.40. The quantitative estimate of drug-likeness (QED) is 0.813. The van der Waals surface area contributed by atoms with Crippen molar-refractivity contribution >= 4 is 5.91 Å². The molecular weight excluding hydrogens is 326 g/mol. The predicted octanol–water partition coefficient (Wildman–Crippen LogP) is 4.14. The van der Waals surface area contributed by atoms with Crippen molar-refractivity contribution < 1.29 is 27.1 Å². The monoisotopic (exact) mass is 347 g/mol. The van der Waals surface area contributed by atoms with E-state index in [0.717, 1.165) is 49.9 Å². The Morgan fingerprint density at radius 1 is 1.29 bits per heavy atom. The predicted molar refractivity (Wildman–Crippen MR) is 80.7 cm³/mol. The third-order valence-corrected chi connectivity index (χ3v) is 4.17. The molecule has 1 aromatic carbocycles. The third-order valence-electron chi connectivity index (χ3n) is 4.17. The van der Waals surface area contributed by atoms with Crippen LogP contribution in [-0.4, -0.2) is 24.8 Å². The molecule has 0 bridgehead atoms. The minimum atomic E-state index is -4.67. The fourth-order valence-electron chi connectivity index (χ4n) is 2.94. The van der Waals surface area contributed by atoms with Crippen LogP contribution in [0, 0.1) is 11.7 Å². The molecule has 1 fully saturated rings. The second-order valence-corrected chi connectivity index (χ2v) is 6.30. The van der Waals surface area contributed by atoms with Gasteiger partial charge in [0.2, 0.25) is 5.91 Å². The minimum Gasteiger partial charge on any atom is -0.368 e. The number of carbonyl (C=O) groups excluding carboxylic acids is 1. The van der Waals surface area contributed by atoms with Crippen LogP contribution >= 0.6 is 0 Å². The summed E-state index contributed by atoms with van der Waals surface area (Å²) in [4.78, 5) is 11.9. The van der Waals surface area contributed by atoms with Gasteiger partial charge in [0.25, 0.3) is 0 Å². The van der Waals surface area contributed by atoms with Crippen LogP contribution in [0.25, 0.3) is 0 Å². The summed E-state index contributed by atoms with van der Waals surface area (Å²) in [5.74, 6) is -0.977. The number of amides is 1. The fraction of sp³-hybridized carbons (Fsp3) is 0.588. The van der Waals surface area contributed by atoms with Gasteiger partial charge < -0.3 is 10.1 Å². The Kier molecular flexibility index (Phi) is 6.21. The van der Waals surface area contributed by atoms with Crippen LogP contribution < -0.4 is 5.32 Å². The number of alkyl halides is 3. The highest BCUT2D eigenvalue weighted by Crippen LogP contribution is 2.32. The lowest BCUT2D eigenvalue weighted by molar-refractivity contribution is -0.165. The SMILES string of the molecule is CC1CCCC(OCC(=O)NC(c2ccc(F)cc2)C(F)(F)F)C1. The Balaban J connectivity index is 1.94. The van der Waals surface area contributed by atoms with Gasteiger partial charge in [-0.05, 0) is 36.5 Å². The second-order valence-electron chi connectivity index (χ2n) is 6.30. The molecule has 7 heteroatoms. The van der Waals surface area contributed by atoms with Crippen LogP contribution in [0.4, 0.5) is 17.6 Å². The highest BCUT2D eigenvalue weighted by molar-refractivity contribution is 5.77. The Morgan fingerprint density at radius 3 is 2.54 bits per heavy atom. The minimum absolute atomic E-state index is 0.0883. The molecule has 1 amide bonds. The lowest BCUT2D eigenvalue weighted by Gasteiger charge is -2.27. The van der Waals surface area contributed by atoms with Gasteiger partial charge in [-0.2, -0.15) is 13.2 Å². The van der Waals surface area contributed by atoms with E-state index in [1.54, 1.807) is 0 Å². The van der Waals surface area contributed by atoms with Gasteiger partial charge in [-0.3, -0.25) is 4.79 Å². The highest BCUT2D eigenvalue weighted by Gasteiger charge is 2.41. The molecule has 1 aliphatic carbocycles. The van der Waals surface area contributed by atoms with E-state index in [4.69, 9.17) is 4.74 Å². The highest BCUT2D eigenvalue weighted by atomic mass is 19.4. The van der Waals surface area contributed by atoms with Crippen molar-refractivity contribution in [2.24, 2.45) is 5.92 Å². The number of ether oxygens (including phenoxy) is 1. The van der Waals surface area contributed by atoms with Gasteiger partial charge in [-0.15, -0.1) is 0 Å². The van der Waals surface area contributed by atoms with Crippen molar-refractivity contribution in [3.05, 3.63) is 35.6 Å². The van der Waals surface area contributed by atoms with Crippen LogP contribution in [0.1, 0.15) is 44.2 Å². The summed E-state index contributed by atoms with van der Waals surface area (Å²) in [5.41, 5.74) is -0.219. The number of hydrogen-bond donors (Lipinski definition) is 1. The molecule has 2 rings (SSSR count). The smallest absolute Gasteiger partial charge is 0.368 e. The zero-order chi connectivity index (χ0) is 17.7. The maximum absolute atomic E-state index is 13.2. The Bertz CT molecular complexity index is 545. The zero-order valence-electron chi connectivity index (χ0n) is 13.4. The average Bonchev–Trinajstić information content (AvgIpc) is 2.51. The van der Waals surface area contributed by atoms with Crippen LogP contribution in [0.2, 0.25) is 0 Å². The third kappa shape index (κ3) is 5.47. The van der Waals surface area contributed by atoms with E-state index in [0.29, 0.717) is 5.92 Å². The molecule has 1 saturated carbocycles. The summed E-state index contributed by atoms with van der Waals surface area (Å²) >= 11 is 0. The maximum atomic E-state index is 13.2. The molecule has 1 aromatic rings. The first-order valence-corrected chi connectivity index (χ1v) is 7.99. The molecule has 3 unspecified atom stereocenters. The molecule has 134 valence electrons. The maximum Gasteiger partial charge on any atom is 0.412 e. The van der Waals surface area contributed by atoms with Gasteiger partial charge in [0.1, 0.15) is 12.4 Å². The fourth-order valence-corrected chi connectivity index (χ4v) is 2.94. The molecule has 3 atom stereocenters. The van der Waals surface area contributed by atoms with Crippen molar-refractivity contribution in [2.75, 3.05) is 6.61 Å². The standard InChI is InChI=1S/C17H21F4NO2/c1-11-3-2-4-14(9-11)24-10-15(23)22-16(17(19,20)21)12-5-7-13(18)8-6-12/h5-8,11,14,16H,2-4,9-10H2,1H3,(H,22,23). The van der Waals surface area contributed by atoms with Crippen LogP contribution in [0.3, 0.4) is 0 Å². The summed E-state index contributed by atoms with van der Waals surface area (Å²) in [7, 11) is 0. The Hall–Kier alpha value is -1.63. The number of carbonyl (C=O) groups is 1. The van der Waals surface area contributed by atoms with Crippen molar-refractivity contribution in [1.29, 1.82) is 0 Å². The summed E-state index contributed by atoms with van der Waals surface area (Å²) in [5, 5.41) is 1.93. The molecule has 0 heterocycles. The number of halogens is 4. The number of hydrogen-bond acceptors (Lipinski definition) is 2. The molecule has 24 heavy (non-hydrogen) atoms. The first kappa shape index (κ1) is 18.7. The van der Waals surface area contributed by atoms with Crippen molar-refractivity contribution in [3.63, 3.8) is 0 Å². The van der Waals surface area contributed by atoms with E-state index in [1.807, 2.05) is 5.32 Å². The molecule has 0 radical (unpaired) electrons. The lowest BCUT2D eigenvalue weighted by atomic mass is 9.89. The van der Waals surface area contributed by atoms with Crippen molar-refractivity contribution in [1.82, 2.24) is 5.32 Å². The van der Waals surface area contributed by atoms with Crippen molar-refractivity contribution in [3.8, 4) is 0 Å². The van der Waals surface area contributed by atoms with Gasteiger partial charge in [0.15, 0.2) is 6.04 Å². The first-order valence-electron chi connectivity index (χ1n) is 7.99. The first-order chi connectivity index (χ1) is 11.3. The average molecular weight is 347 g/mol. The summed E-state index contributed by atoms with van der Waals surface area (Å²) in [6, 6.07) is 1.70. The molecule has 0 aromatic heterocycles. The van der Waals surface area contributed by atoms with E-state index >= 15 is 0 Å². The van der Waals surface area contributed by atoms with E-state index in [2.05, 4.69) is 6.92 Å². The Morgan fingerprint density at radius 2 is 1.96 bits per heavy atom. The van der Waals surface area contributed by atoms with Gasteiger partial charge in [-0.25, -0.2) is 4.39 Å². The molecule has 1 aliphatic rings. The molecule has 0 saturated heterocycles. The van der Waals surface area contributed by atoms with E-state index < -0.39 is 30.5 Å². The molecule has 0 aliphatic heterocycles. The summed E-state index contributed by atoms with van der Waals surface area (Å²) < 4.78 is 57.8. The number of benzene rings is 1. The zero-order valence-corrected chi connectivity index (χ0v) is 13.4. The normalized spacial score (nSPS) is 22.9. The summed E-state index contributed by atoms with van der Waals surface area (Å²) in [6.07, 6.45) is -1.03. The number of rotatable bonds is 5. The molecule has 3 nitrogen and oxygen atoms in total. The largest absolute Gasteiger partial charge is 0.412 e. The molecular formula is C17H21F4NO2. The Labute approximate surface area is 138 Å². The van der Waals surface area contributed by atoms with E-state index in [1.165, 1.54) is 0 Å².